The van der Waals surface area contributed by atoms with Crippen molar-refractivity contribution in [3.05, 3.63) is 307 Å². The molecule has 7 nitrogen and oxygen atoms in total. The van der Waals surface area contributed by atoms with Gasteiger partial charge in [0.2, 0.25) is 0 Å². The Bertz CT molecular complexity index is 5710. The number of para-hydroxylation sites is 2. The normalized spacial score (nSPS) is 12.4. The fraction of sp³-hybridized carbons (Fsp3) is 0. The fourth-order valence-corrected chi connectivity index (χ4v) is 15.4. The molecule has 9 heteroatoms. The van der Waals surface area contributed by atoms with E-state index >= 15 is 0 Å². The summed E-state index contributed by atoms with van der Waals surface area (Å²) in [5, 5.41) is 4.86. The van der Waals surface area contributed by atoms with E-state index in [-0.39, 0.29) is 0 Å². The maximum Gasteiger partial charge on any atom is 0.164 e. The second-order valence-electron chi connectivity index (χ2n) is 23.2. The van der Waals surface area contributed by atoms with Gasteiger partial charge in [0, 0.05) is 80.7 Å². The lowest BCUT2D eigenvalue weighted by Gasteiger charge is -2.13. The minimum absolute atomic E-state index is 0.586. The number of rotatable bonds is 9. The lowest BCUT2D eigenvalue weighted by molar-refractivity contribution is 1.05. The smallest absolute Gasteiger partial charge is 0.164 e. The van der Waals surface area contributed by atoms with Gasteiger partial charge in [0.25, 0.3) is 0 Å². The molecule has 0 fully saturated rings. The standard InChI is InChI=1S/C83H51N7S2/c1-3-18-53(19-4-1)68-51-77(90-70-33-12-10-31-65(70)79-67-43-41-55-21-8-14-35-74(55)92-76(67)47-45-72(79)90)85-82(84-68)61-27-15-24-58(48-61)52-36-38-57(39-37-52)81-86-80(56-22-5-2-6-23-56)87-83(88-81)62-28-16-25-59(49-62)60-26-17-29-63(50-60)89-69-32-11-9-30-64(69)78-66-42-40-54-20-7-13-34-73(54)91-75(66)46-44-71(78)89/h1-51H. The molecule has 0 saturated carbocycles. The molecule has 16 aromatic rings. The lowest BCUT2D eigenvalue weighted by Crippen LogP contribution is -2.02. The van der Waals surface area contributed by atoms with Crippen molar-refractivity contribution in [3.8, 4) is 90.6 Å². The van der Waals surface area contributed by atoms with Crippen molar-refractivity contribution in [3.63, 3.8) is 0 Å². The average molecular weight is 1210 g/mol. The highest BCUT2D eigenvalue weighted by Gasteiger charge is 2.24. The third-order valence-corrected chi connectivity index (χ3v) is 20.0. The van der Waals surface area contributed by atoms with Gasteiger partial charge in [-0.25, -0.2) is 24.9 Å². The van der Waals surface area contributed by atoms with E-state index in [1.54, 1.807) is 0 Å². The summed E-state index contributed by atoms with van der Waals surface area (Å²) in [6.45, 7) is 0. The van der Waals surface area contributed by atoms with Gasteiger partial charge >= 0.3 is 0 Å². The second kappa shape index (κ2) is 22.2. The van der Waals surface area contributed by atoms with Gasteiger partial charge in [0.05, 0.1) is 27.8 Å². The first-order chi connectivity index (χ1) is 45.6. The maximum atomic E-state index is 5.47. The molecule has 0 amide bonds. The van der Waals surface area contributed by atoms with Crippen LogP contribution < -0.4 is 0 Å². The molecule has 4 aromatic heterocycles. The Morgan fingerprint density at radius 2 is 0.685 bits per heavy atom. The molecule has 0 spiro atoms. The van der Waals surface area contributed by atoms with Crippen LogP contribution in [0.2, 0.25) is 0 Å². The van der Waals surface area contributed by atoms with Crippen LogP contribution in [0.4, 0.5) is 0 Å². The summed E-state index contributed by atoms with van der Waals surface area (Å²) in [6, 6.07) is 101. The minimum atomic E-state index is 0.586. The molecule has 0 aliphatic carbocycles. The number of aromatic nitrogens is 7. The van der Waals surface area contributed by atoms with E-state index in [4.69, 9.17) is 24.9 Å². The zero-order valence-corrected chi connectivity index (χ0v) is 51.0. The highest BCUT2D eigenvalue weighted by molar-refractivity contribution is 7.99. The number of benzene rings is 12. The summed E-state index contributed by atoms with van der Waals surface area (Å²) in [6.07, 6.45) is 9.09. The van der Waals surface area contributed by atoms with Crippen molar-refractivity contribution in [1.82, 2.24) is 34.1 Å². The molecule has 92 heavy (non-hydrogen) atoms. The van der Waals surface area contributed by atoms with Crippen LogP contribution in [0, 0.1) is 0 Å². The Morgan fingerprint density at radius 3 is 1.29 bits per heavy atom. The van der Waals surface area contributed by atoms with Gasteiger partial charge in [-0.15, -0.1) is 0 Å². The summed E-state index contributed by atoms with van der Waals surface area (Å²) < 4.78 is 4.72. The molecule has 0 bridgehead atoms. The van der Waals surface area contributed by atoms with Crippen LogP contribution in [-0.4, -0.2) is 34.1 Å². The van der Waals surface area contributed by atoms with Gasteiger partial charge in [-0.1, -0.05) is 254 Å². The van der Waals surface area contributed by atoms with Gasteiger partial charge in [-0.2, -0.15) is 0 Å². The van der Waals surface area contributed by atoms with Crippen molar-refractivity contribution in [2.75, 3.05) is 0 Å². The monoisotopic (exact) mass is 1210 g/mol. The van der Waals surface area contributed by atoms with Crippen molar-refractivity contribution < 1.29 is 0 Å². The Balaban J connectivity index is 0.689. The summed E-state index contributed by atoms with van der Waals surface area (Å²) in [7, 11) is 0. The summed E-state index contributed by atoms with van der Waals surface area (Å²) in [5.74, 6) is 3.21. The van der Waals surface area contributed by atoms with Crippen LogP contribution >= 0.6 is 23.5 Å². The molecular formula is C83H51N7S2. The van der Waals surface area contributed by atoms with Crippen LogP contribution in [0.3, 0.4) is 0 Å². The highest BCUT2D eigenvalue weighted by Crippen LogP contribution is 2.47. The molecule has 0 atom stereocenters. The topological polar surface area (TPSA) is 74.3 Å². The largest absolute Gasteiger partial charge is 0.309 e. The van der Waals surface area contributed by atoms with Crippen LogP contribution in [0.15, 0.2) is 305 Å². The Hall–Kier alpha value is -11.5. The zero-order valence-electron chi connectivity index (χ0n) is 49.4. The predicted octanol–water partition coefficient (Wildman–Crippen LogP) is 21.8. The van der Waals surface area contributed by atoms with Crippen LogP contribution in [0.5, 0.6) is 0 Å². The lowest BCUT2D eigenvalue weighted by atomic mass is 10.0. The van der Waals surface area contributed by atoms with Crippen molar-refractivity contribution in [1.29, 1.82) is 0 Å². The van der Waals surface area contributed by atoms with Gasteiger partial charge < -0.3 is 4.57 Å². The van der Waals surface area contributed by atoms with Crippen LogP contribution in [0.25, 0.3) is 158 Å². The highest BCUT2D eigenvalue weighted by atomic mass is 32.2. The van der Waals surface area contributed by atoms with E-state index in [0.29, 0.717) is 23.3 Å². The first-order valence-corrected chi connectivity index (χ1v) is 32.4. The predicted molar refractivity (Wildman–Crippen MR) is 381 cm³/mol. The van der Waals surface area contributed by atoms with E-state index in [0.717, 1.165) is 83.8 Å². The van der Waals surface area contributed by atoms with Gasteiger partial charge in [0.15, 0.2) is 23.3 Å². The SMILES string of the molecule is C1=Cc2c(ccc3c2c2ccccc2n3-c2cccc(-c3cccc(-c4nc(-c5ccccc5)nc(-c5ccc(-c6cccc(-c7nc(-c8ccccc8)cc(-n8c9ccccc9c9c%10c(ccc98)Sc8ccccc8C=C%10)n7)c6)cc5)n4)c3)c2)Sc2ccccc21. The van der Waals surface area contributed by atoms with E-state index in [9.17, 15) is 0 Å². The third kappa shape index (κ3) is 9.36. The maximum absolute atomic E-state index is 5.47. The Labute approximate surface area is 539 Å². The number of fused-ring (bicyclic) bond motifs is 12. The van der Waals surface area contributed by atoms with Crippen molar-refractivity contribution >= 4 is 91.4 Å². The van der Waals surface area contributed by atoms with Crippen molar-refractivity contribution in [2.45, 2.75) is 19.6 Å². The quantitative estimate of drug-likeness (QED) is 0.143. The second-order valence-corrected chi connectivity index (χ2v) is 25.3. The van der Waals surface area contributed by atoms with Gasteiger partial charge in [0.1, 0.15) is 5.82 Å². The van der Waals surface area contributed by atoms with E-state index in [1.165, 1.54) is 68.9 Å². The summed E-state index contributed by atoms with van der Waals surface area (Å²) in [4.78, 5) is 31.4. The van der Waals surface area contributed by atoms with E-state index in [2.05, 4.69) is 294 Å². The molecule has 430 valence electrons. The number of nitrogens with zero attached hydrogens (tertiary/aromatic N) is 7. The van der Waals surface area contributed by atoms with Crippen LogP contribution in [0.1, 0.15) is 22.3 Å². The molecule has 2 aliphatic rings. The number of hydrogen-bond acceptors (Lipinski definition) is 7. The molecule has 12 aromatic carbocycles. The van der Waals surface area contributed by atoms with E-state index in [1.807, 2.05) is 47.8 Å². The molecule has 18 rings (SSSR count). The third-order valence-electron chi connectivity index (χ3n) is 17.6. The molecular weight excluding hydrogens is 1160 g/mol. The van der Waals surface area contributed by atoms with Crippen LogP contribution in [-0.2, 0) is 0 Å². The van der Waals surface area contributed by atoms with Gasteiger partial charge in [-0.05, 0) is 117 Å². The molecule has 0 unspecified atom stereocenters. The molecule has 0 saturated heterocycles. The summed E-state index contributed by atoms with van der Waals surface area (Å²) in [5.41, 5.74) is 20.2. The molecule has 2 aliphatic heterocycles. The molecule has 6 heterocycles. The first-order valence-electron chi connectivity index (χ1n) is 30.8. The van der Waals surface area contributed by atoms with Crippen molar-refractivity contribution in [2.24, 2.45) is 0 Å². The Morgan fingerprint density at radius 1 is 0.250 bits per heavy atom. The minimum Gasteiger partial charge on any atom is -0.309 e. The Kier molecular flexibility index (Phi) is 12.9. The first kappa shape index (κ1) is 53.5. The zero-order chi connectivity index (χ0) is 60.6. The van der Waals surface area contributed by atoms with E-state index < -0.39 is 0 Å². The fourth-order valence-electron chi connectivity index (χ4n) is 13.3. The summed E-state index contributed by atoms with van der Waals surface area (Å²) >= 11 is 3.66. The van der Waals surface area contributed by atoms with Gasteiger partial charge in [-0.3, -0.25) is 4.57 Å². The number of hydrogen-bond donors (Lipinski definition) is 0. The molecule has 0 radical (unpaired) electrons. The molecule has 0 N–H and O–H groups in total. The average Bonchev–Trinajstić information content (AvgIpc) is 1.59.